The van der Waals surface area contributed by atoms with Crippen molar-refractivity contribution >= 4 is 23.0 Å². The Bertz CT molecular complexity index is 1010. The van der Waals surface area contributed by atoms with Gasteiger partial charge in [0.1, 0.15) is 18.0 Å². The topological polar surface area (TPSA) is 86.5 Å². The number of benzene rings is 1. The van der Waals surface area contributed by atoms with E-state index in [1.165, 1.54) is 0 Å². The van der Waals surface area contributed by atoms with Gasteiger partial charge in [-0.15, -0.1) is 0 Å². The Kier molecular flexibility index (Phi) is 3.67. The quantitative estimate of drug-likeness (QED) is 0.862. The molecule has 2 aromatic rings. The fraction of sp³-hybridized carbons (Fsp3) is 0.150. The highest BCUT2D eigenvalue weighted by Crippen LogP contribution is 2.44. The number of nitriles is 2. The minimum Gasteiger partial charge on any atom is -0.383 e. The van der Waals surface area contributed by atoms with Crippen molar-refractivity contribution in [2.24, 2.45) is 0 Å². The molecule has 1 aliphatic carbocycles. The molecule has 0 atom stereocenters. The molecule has 0 fully saturated rings. The van der Waals surface area contributed by atoms with Gasteiger partial charge in [0.2, 0.25) is 0 Å². The maximum atomic E-state index is 9.55. The van der Waals surface area contributed by atoms with Crippen LogP contribution in [0.15, 0.2) is 29.8 Å². The summed E-state index contributed by atoms with van der Waals surface area (Å²) < 4.78 is 0. The van der Waals surface area contributed by atoms with E-state index in [1.807, 2.05) is 45.0 Å². The van der Waals surface area contributed by atoms with Crippen molar-refractivity contribution in [3.05, 3.63) is 63.3 Å². The van der Waals surface area contributed by atoms with Crippen LogP contribution in [0.4, 0.5) is 5.82 Å². The molecule has 0 spiro atoms. The van der Waals surface area contributed by atoms with Crippen molar-refractivity contribution in [2.45, 2.75) is 20.8 Å². The van der Waals surface area contributed by atoms with E-state index in [2.05, 4.69) is 23.2 Å². The minimum absolute atomic E-state index is 0.173. The van der Waals surface area contributed by atoms with Crippen LogP contribution in [0.25, 0.3) is 17.2 Å². The Hall–Kier alpha value is -3.37. The molecule has 0 unspecified atom stereocenters. The first-order valence-electron chi connectivity index (χ1n) is 7.59. The zero-order valence-electron chi connectivity index (χ0n) is 13.8. The predicted molar refractivity (Wildman–Crippen MR) is 95.4 cm³/mol. The summed E-state index contributed by atoms with van der Waals surface area (Å²) in [5.74, 6) is 0.173. The van der Waals surface area contributed by atoms with Crippen molar-refractivity contribution in [1.82, 2.24) is 4.98 Å². The Morgan fingerprint density at radius 3 is 2.42 bits per heavy atom. The van der Waals surface area contributed by atoms with E-state index < -0.39 is 0 Å². The Morgan fingerprint density at radius 1 is 1.08 bits per heavy atom. The van der Waals surface area contributed by atoms with Crippen LogP contribution in [-0.2, 0) is 0 Å². The molecule has 0 radical (unpaired) electrons. The van der Waals surface area contributed by atoms with Crippen molar-refractivity contribution in [3.63, 3.8) is 0 Å². The molecule has 116 valence electrons. The third kappa shape index (κ3) is 2.17. The van der Waals surface area contributed by atoms with Gasteiger partial charge in [0.05, 0.1) is 16.8 Å². The van der Waals surface area contributed by atoms with Crippen molar-refractivity contribution in [1.29, 1.82) is 10.5 Å². The van der Waals surface area contributed by atoms with Crippen molar-refractivity contribution in [3.8, 4) is 12.1 Å². The first kappa shape index (κ1) is 15.5. The second-order valence-corrected chi connectivity index (χ2v) is 5.86. The van der Waals surface area contributed by atoms with Gasteiger partial charge in [0.15, 0.2) is 0 Å². The molecule has 2 N–H and O–H groups in total. The largest absolute Gasteiger partial charge is 0.383 e. The van der Waals surface area contributed by atoms with Crippen LogP contribution in [0.3, 0.4) is 0 Å². The first-order chi connectivity index (χ1) is 11.5. The highest BCUT2D eigenvalue weighted by Gasteiger charge is 2.29. The number of nitrogen functional groups attached to an aromatic ring is 1. The smallest absolute Gasteiger partial charge is 0.142 e. The summed E-state index contributed by atoms with van der Waals surface area (Å²) in [4.78, 5) is 4.34. The lowest BCUT2D eigenvalue weighted by Crippen LogP contribution is -2.03. The molecule has 0 saturated heterocycles. The molecular formula is C20H16N4. The number of pyridine rings is 1. The normalized spacial score (nSPS) is 14.5. The van der Waals surface area contributed by atoms with Crippen LogP contribution in [0, 0.1) is 36.5 Å². The average Bonchev–Trinajstić information content (AvgIpc) is 2.81. The molecule has 1 heterocycles. The summed E-state index contributed by atoms with van der Waals surface area (Å²) in [6.07, 6.45) is 2.06. The maximum Gasteiger partial charge on any atom is 0.142 e. The molecule has 1 aliphatic rings. The fourth-order valence-corrected chi connectivity index (χ4v) is 3.10. The number of nitrogens with two attached hydrogens (primary N) is 1. The zero-order chi connectivity index (χ0) is 17.4. The third-order valence-corrected chi connectivity index (χ3v) is 4.47. The number of aromatic nitrogens is 1. The predicted octanol–water partition coefficient (Wildman–Crippen LogP) is 4.00. The number of nitrogens with zero attached hydrogens (tertiary/aromatic N) is 3. The Morgan fingerprint density at radius 2 is 1.79 bits per heavy atom. The van der Waals surface area contributed by atoms with Crippen LogP contribution in [0.2, 0.25) is 0 Å². The summed E-state index contributed by atoms with van der Waals surface area (Å²) in [5, 5.41) is 18.9. The van der Waals surface area contributed by atoms with Gasteiger partial charge >= 0.3 is 0 Å². The lowest BCUT2D eigenvalue weighted by molar-refractivity contribution is 1.22. The number of rotatable bonds is 1. The van der Waals surface area contributed by atoms with E-state index in [1.54, 1.807) is 0 Å². The molecule has 0 saturated carbocycles. The number of fused-ring (bicyclic) bond motifs is 1. The highest BCUT2D eigenvalue weighted by atomic mass is 14.9. The van der Waals surface area contributed by atoms with E-state index in [9.17, 15) is 10.5 Å². The molecule has 1 aromatic carbocycles. The number of hydrogen-bond donors (Lipinski definition) is 1. The number of hydrogen-bond acceptors (Lipinski definition) is 4. The molecule has 4 heteroatoms. The van der Waals surface area contributed by atoms with E-state index >= 15 is 0 Å². The second kappa shape index (κ2) is 5.68. The van der Waals surface area contributed by atoms with Gasteiger partial charge in [-0.2, -0.15) is 10.5 Å². The Labute approximate surface area is 141 Å². The van der Waals surface area contributed by atoms with Crippen LogP contribution in [0.5, 0.6) is 0 Å². The summed E-state index contributed by atoms with van der Waals surface area (Å²) in [7, 11) is 0. The van der Waals surface area contributed by atoms with E-state index in [4.69, 9.17) is 5.73 Å². The first-order valence-corrected chi connectivity index (χ1v) is 7.59. The third-order valence-electron chi connectivity index (χ3n) is 4.47. The standard InChI is InChI=1S/C20H16N4/c1-11-6-4-5-7-14(11)8-15-12(2)16(9-21)19-18(15)13(3)17(10-22)20(23)24-19/h4-8H,1-3H3,(H2,23,24)/b15-8+. The molecule has 24 heavy (non-hydrogen) atoms. The summed E-state index contributed by atoms with van der Waals surface area (Å²) in [6.45, 7) is 5.81. The molecule has 0 bridgehead atoms. The molecular weight excluding hydrogens is 296 g/mol. The number of anilines is 1. The van der Waals surface area contributed by atoms with Gasteiger partial charge < -0.3 is 5.73 Å². The van der Waals surface area contributed by atoms with Crippen molar-refractivity contribution in [2.75, 3.05) is 5.73 Å². The minimum atomic E-state index is 0.173. The summed E-state index contributed by atoms with van der Waals surface area (Å²) in [6, 6.07) is 12.4. The van der Waals surface area contributed by atoms with Gasteiger partial charge in [-0.3, -0.25) is 0 Å². The van der Waals surface area contributed by atoms with Crippen LogP contribution >= 0.6 is 0 Å². The van der Waals surface area contributed by atoms with E-state index in [0.29, 0.717) is 16.8 Å². The van der Waals surface area contributed by atoms with E-state index in [0.717, 1.165) is 33.4 Å². The molecule has 1 aromatic heterocycles. The van der Waals surface area contributed by atoms with Crippen molar-refractivity contribution < 1.29 is 0 Å². The van der Waals surface area contributed by atoms with Gasteiger partial charge in [-0.05, 0) is 54.7 Å². The number of aryl methyl sites for hydroxylation is 1. The van der Waals surface area contributed by atoms with Gasteiger partial charge in [-0.1, -0.05) is 24.3 Å². The van der Waals surface area contributed by atoms with Gasteiger partial charge in [-0.25, -0.2) is 4.98 Å². The van der Waals surface area contributed by atoms with Gasteiger partial charge in [0, 0.05) is 5.56 Å². The molecule has 4 nitrogen and oxygen atoms in total. The molecule has 0 aliphatic heterocycles. The van der Waals surface area contributed by atoms with Crippen LogP contribution < -0.4 is 5.73 Å². The average molecular weight is 312 g/mol. The van der Waals surface area contributed by atoms with E-state index in [-0.39, 0.29) is 5.82 Å². The molecule has 0 amide bonds. The lowest BCUT2D eigenvalue weighted by atomic mass is 9.95. The monoisotopic (exact) mass is 312 g/mol. The van der Waals surface area contributed by atoms with Crippen LogP contribution in [-0.4, -0.2) is 4.98 Å². The lowest BCUT2D eigenvalue weighted by Gasteiger charge is -2.11. The molecule has 3 rings (SSSR count). The van der Waals surface area contributed by atoms with Gasteiger partial charge in [0.25, 0.3) is 0 Å². The van der Waals surface area contributed by atoms with Crippen LogP contribution in [0.1, 0.15) is 40.4 Å². The second-order valence-electron chi connectivity index (χ2n) is 5.86. The summed E-state index contributed by atoms with van der Waals surface area (Å²) >= 11 is 0. The zero-order valence-corrected chi connectivity index (χ0v) is 13.8. The SMILES string of the molecule is CC1=C(C#N)c2nc(N)c(C#N)c(C)c2/C1=C/c1ccccc1C. The maximum absolute atomic E-state index is 9.55. The fourth-order valence-electron chi connectivity index (χ4n) is 3.10. The highest BCUT2D eigenvalue weighted by molar-refractivity contribution is 6.08. The number of allylic oxidation sites excluding steroid dienone is 3. The summed E-state index contributed by atoms with van der Waals surface area (Å²) in [5.41, 5.74) is 13.0. The Balaban J connectivity index is 2.36.